The number of rotatable bonds is 6. The molecule has 1 fully saturated rings. The quantitative estimate of drug-likeness (QED) is 0.636. The number of benzene rings is 1. The van der Waals surface area contributed by atoms with E-state index in [9.17, 15) is 9.59 Å². The van der Waals surface area contributed by atoms with E-state index in [0.29, 0.717) is 6.54 Å². The minimum absolute atomic E-state index is 0.286. The number of carbonyl (C=O) groups is 2. The largest absolute Gasteiger partial charge is 0.449 e. The fourth-order valence-electron chi connectivity index (χ4n) is 2.87. The average molecular weight is 344 g/mol. The van der Waals surface area contributed by atoms with Crippen LogP contribution in [0.1, 0.15) is 45.1 Å². The molecule has 1 amide bonds. The van der Waals surface area contributed by atoms with Gasteiger partial charge in [-0.15, -0.1) is 0 Å². The van der Waals surface area contributed by atoms with Crippen molar-refractivity contribution in [1.82, 2.24) is 5.32 Å². The van der Waals surface area contributed by atoms with Gasteiger partial charge < -0.3 is 15.0 Å². The molecule has 1 saturated heterocycles. The zero-order valence-electron chi connectivity index (χ0n) is 15.2. The summed E-state index contributed by atoms with van der Waals surface area (Å²) in [5.41, 5.74) is 2.16. The molecule has 5 heteroatoms. The predicted molar refractivity (Wildman–Crippen MR) is 100 cm³/mol. The van der Waals surface area contributed by atoms with E-state index >= 15 is 0 Å². The SMILES string of the molecule is CCNC(=O)[C@H](C)OC(=O)/C=C/c1ccc(N2CCCCCC2)cc1. The number of nitrogens with one attached hydrogen (secondary N) is 1. The molecule has 0 unspecified atom stereocenters. The summed E-state index contributed by atoms with van der Waals surface area (Å²) in [5.74, 6) is -0.804. The number of likely N-dealkylation sites (N-methyl/N-ethyl adjacent to an activating group) is 1. The normalized spacial score (nSPS) is 16.3. The second-order valence-electron chi connectivity index (χ2n) is 6.30. The topological polar surface area (TPSA) is 58.6 Å². The number of hydrogen-bond donors (Lipinski definition) is 1. The maximum Gasteiger partial charge on any atom is 0.331 e. The third-order valence-electron chi connectivity index (χ3n) is 4.29. The van der Waals surface area contributed by atoms with Gasteiger partial charge in [0, 0.05) is 31.4 Å². The van der Waals surface area contributed by atoms with Gasteiger partial charge in [0.2, 0.25) is 0 Å². The molecule has 0 bridgehead atoms. The molecule has 0 saturated carbocycles. The monoisotopic (exact) mass is 344 g/mol. The summed E-state index contributed by atoms with van der Waals surface area (Å²) in [6.07, 6.45) is 7.40. The molecule has 1 aromatic rings. The average Bonchev–Trinajstić information content (AvgIpc) is 2.90. The summed E-state index contributed by atoms with van der Waals surface area (Å²) < 4.78 is 5.07. The van der Waals surface area contributed by atoms with Crippen LogP contribution in [0.2, 0.25) is 0 Å². The van der Waals surface area contributed by atoms with E-state index in [2.05, 4.69) is 22.3 Å². The van der Waals surface area contributed by atoms with E-state index in [-0.39, 0.29) is 5.91 Å². The Bertz CT molecular complexity index is 587. The molecule has 0 spiro atoms. The number of hydrogen-bond acceptors (Lipinski definition) is 4. The molecule has 1 aromatic carbocycles. The second kappa shape index (κ2) is 9.87. The lowest BCUT2D eigenvalue weighted by Crippen LogP contribution is -2.35. The third-order valence-corrected chi connectivity index (χ3v) is 4.29. The van der Waals surface area contributed by atoms with Crippen LogP contribution in [0.25, 0.3) is 6.08 Å². The highest BCUT2D eigenvalue weighted by atomic mass is 16.5. The Morgan fingerprint density at radius 3 is 2.40 bits per heavy atom. The summed E-state index contributed by atoms with van der Waals surface area (Å²) >= 11 is 0. The summed E-state index contributed by atoms with van der Waals surface area (Å²) in [4.78, 5) is 25.8. The van der Waals surface area contributed by atoms with Gasteiger partial charge in [0.25, 0.3) is 5.91 Å². The fraction of sp³-hybridized carbons (Fsp3) is 0.500. The summed E-state index contributed by atoms with van der Waals surface area (Å²) in [7, 11) is 0. The first-order chi connectivity index (χ1) is 12.1. The Balaban J connectivity index is 1.88. The number of carbonyl (C=O) groups excluding carboxylic acids is 2. The Morgan fingerprint density at radius 2 is 1.80 bits per heavy atom. The van der Waals surface area contributed by atoms with Crippen molar-refractivity contribution in [2.24, 2.45) is 0 Å². The van der Waals surface area contributed by atoms with Gasteiger partial charge in [-0.1, -0.05) is 25.0 Å². The van der Waals surface area contributed by atoms with E-state index < -0.39 is 12.1 Å². The van der Waals surface area contributed by atoms with Crippen LogP contribution in [0.15, 0.2) is 30.3 Å². The van der Waals surface area contributed by atoms with Crippen molar-refractivity contribution in [3.63, 3.8) is 0 Å². The van der Waals surface area contributed by atoms with Gasteiger partial charge in [-0.25, -0.2) is 4.79 Å². The van der Waals surface area contributed by atoms with Crippen molar-refractivity contribution in [3.05, 3.63) is 35.9 Å². The Morgan fingerprint density at radius 1 is 1.16 bits per heavy atom. The maximum atomic E-state index is 11.8. The smallest absolute Gasteiger partial charge is 0.331 e. The molecule has 0 radical (unpaired) electrons. The van der Waals surface area contributed by atoms with Crippen LogP contribution < -0.4 is 10.2 Å². The zero-order valence-corrected chi connectivity index (χ0v) is 15.2. The van der Waals surface area contributed by atoms with Crippen molar-refractivity contribution >= 4 is 23.6 Å². The lowest BCUT2D eigenvalue weighted by molar-refractivity contribution is -0.150. The fourth-order valence-corrected chi connectivity index (χ4v) is 2.87. The van der Waals surface area contributed by atoms with Gasteiger partial charge in [0.15, 0.2) is 6.10 Å². The van der Waals surface area contributed by atoms with Crippen molar-refractivity contribution in [3.8, 4) is 0 Å². The number of anilines is 1. The molecule has 0 aliphatic carbocycles. The van der Waals surface area contributed by atoms with Crippen LogP contribution in [0.5, 0.6) is 0 Å². The van der Waals surface area contributed by atoms with Crippen LogP contribution in [0.3, 0.4) is 0 Å². The zero-order chi connectivity index (χ0) is 18.1. The highest BCUT2D eigenvalue weighted by molar-refractivity contribution is 5.90. The Kier molecular flexibility index (Phi) is 7.51. The molecular formula is C20H28N2O3. The molecule has 2 rings (SSSR count). The molecule has 1 aliphatic heterocycles. The lowest BCUT2D eigenvalue weighted by Gasteiger charge is -2.22. The number of ether oxygens (including phenoxy) is 1. The minimum Gasteiger partial charge on any atom is -0.449 e. The first-order valence-electron chi connectivity index (χ1n) is 9.11. The highest BCUT2D eigenvalue weighted by Gasteiger charge is 2.15. The molecule has 1 N–H and O–H groups in total. The molecule has 25 heavy (non-hydrogen) atoms. The Hall–Kier alpha value is -2.30. The molecule has 5 nitrogen and oxygen atoms in total. The predicted octanol–water partition coefficient (Wildman–Crippen LogP) is 3.15. The molecule has 1 atom stereocenters. The molecule has 0 aromatic heterocycles. The van der Waals surface area contributed by atoms with Crippen LogP contribution in [-0.2, 0) is 14.3 Å². The number of nitrogens with zero attached hydrogens (tertiary/aromatic N) is 1. The van der Waals surface area contributed by atoms with Gasteiger partial charge in [0.1, 0.15) is 0 Å². The summed E-state index contributed by atoms with van der Waals surface area (Å²) in [6, 6.07) is 8.18. The molecule has 136 valence electrons. The Labute approximate surface area is 150 Å². The van der Waals surface area contributed by atoms with Crippen molar-refractivity contribution < 1.29 is 14.3 Å². The summed E-state index contributed by atoms with van der Waals surface area (Å²) in [5, 5.41) is 2.62. The summed E-state index contributed by atoms with van der Waals surface area (Å²) in [6.45, 7) is 6.12. The van der Waals surface area contributed by atoms with Gasteiger partial charge in [-0.3, -0.25) is 4.79 Å². The first kappa shape index (κ1) is 19.0. The third kappa shape index (κ3) is 6.25. The van der Waals surface area contributed by atoms with Gasteiger partial charge >= 0.3 is 5.97 Å². The number of amides is 1. The maximum absolute atomic E-state index is 11.8. The van der Waals surface area contributed by atoms with E-state index in [1.54, 1.807) is 13.0 Å². The van der Waals surface area contributed by atoms with E-state index in [4.69, 9.17) is 4.74 Å². The van der Waals surface area contributed by atoms with E-state index in [0.717, 1.165) is 18.7 Å². The standard InChI is InChI=1S/C20H28N2O3/c1-3-21-20(24)16(2)25-19(23)13-10-17-8-11-18(12-9-17)22-14-6-4-5-7-15-22/h8-13,16H,3-7,14-15H2,1-2H3,(H,21,24)/b13-10+/t16-/m0/s1. The van der Waals surface area contributed by atoms with Crippen LogP contribution in [0.4, 0.5) is 5.69 Å². The van der Waals surface area contributed by atoms with Crippen LogP contribution in [-0.4, -0.2) is 37.6 Å². The lowest BCUT2D eigenvalue weighted by atomic mass is 10.1. The first-order valence-corrected chi connectivity index (χ1v) is 9.11. The van der Waals surface area contributed by atoms with Crippen molar-refractivity contribution in [2.75, 3.05) is 24.5 Å². The van der Waals surface area contributed by atoms with Gasteiger partial charge in [0.05, 0.1) is 0 Å². The second-order valence-corrected chi connectivity index (χ2v) is 6.30. The van der Waals surface area contributed by atoms with Crippen molar-refractivity contribution in [2.45, 2.75) is 45.6 Å². The van der Waals surface area contributed by atoms with E-state index in [1.807, 2.05) is 19.1 Å². The number of esters is 1. The molecule has 1 heterocycles. The van der Waals surface area contributed by atoms with Crippen molar-refractivity contribution in [1.29, 1.82) is 0 Å². The van der Waals surface area contributed by atoms with E-state index in [1.165, 1.54) is 37.4 Å². The van der Waals surface area contributed by atoms with Crippen LogP contribution >= 0.6 is 0 Å². The van der Waals surface area contributed by atoms with Gasteiger partial charge in [-0.2, -0.15) is 0 Å². The molecular weight excluding hydrogens is 316 g/mol. The van der Waals surface area contributed by atoms with Gasteiger partial charge in [-0.05, 0) is 50.5 Å². The minimum atomic E-state index is -0.789. The highest BCUT2D eigenvalue weighted by Crippen LogP contribution is 2.20. The van der Waals surface area contributed by atoms with Crippen LogP contribution in [0, 0.1) is 0 Å². The molecule has 1 aliphatic rings.